The third-order valence-corrected chi connectivity index (χ3v) is 11.8. The van der Waals surface area contributed by atoms with E-state index in [0.717, 1.165) is 28.7 Å². The van der Waals surface area contributed by atoms with Crippen molar-refractivity contribution in [1.29, 1.82) is 5.26 Å². The summed E-state index contributed by atoms with van der Waals surface area (Å²) in [5, 5.41) is 26.5. The van der Waals surface area contributed by atoms with Crippen LogP contribution in [0, 0.1) is 18.3 Å². The molecule has 2 saturated heterocycles. The summed E-state index contributed by atoms with van der Waals surface area (Å²) in [4.78, 5) is 30.9. The highest BCUT2D eigenvalue weighted by molar-refractivity contribution is 5.92. The Bertz CT molecular complexity index is 1980. The molecule has 11 nitrogen and oxygen atoms in total. The summed E-state index contributed by atoms with van der Waals surface area (Å²) in [6.07, 6.45) is 5.17. The third-order valence-electron chi connectivity index (χ3n) is 11.8. The summed E-state index contributed by atoms with van der Waals surface area (Å²) in [5.74, 6) is 0.449. The van der Waals surface area contributed by atoms with Gasteiger partial charge in [0.2, 0.25) is 12.7 Å². The Morgan fingerprint density at radius 2 is 1.94 bits per heavy atom. The number of ether oxygens (including phenoxy) is 4. The van der Waals surface area contributed by atoms with Gasteiger partial charge in [-0.3, -0.25) is 19.4 Å². The Morgan fingerprint density at radius 3 is 2.65 bits per heavy atom. The van der Waals surface area contributed by atoms with E-state index in [0.29, 0.717) is 40.4 Å². The number of hydrogen-bond acceptors (Lipinski definition) is 10. The van der Waals surface area contributed by atoms with Crippen molar-refractivity contribution in [3.63, 3.8) is 0 Å². The van der Waals surface area contributed by atoms with Crippen LogP contribution in [0.5, 0.6) is 17.2 Å². The van der Waals surface area contributed by atoms with Gasteiger partial charge in [-0.05, 0) is 62.0 Å². The van der Waals surface area contributed by atoms with Crippen LogP contribution in [0.4, 0.5) is 0 Å². The Balaban J connectivity index is 1.24. The maximum Gasteiger partial charge on any atom is 0.308 e. The van der Waals surface area contributed by atoms with Gasteiger partial charge in [-0.2, -0.15) is 5.26 Å². The van der Waals surface area contributed by atoms with Crippen molar-refractivity contribution < 1.29 is 33.6 Å². The fourth-order valence-corrected chi connectivity index (χ4v) is 10.1. The van der Waals surface area contributed by atoms with E-state index in [4.69, 9.17) is 18.9 Å². The van der Waals surface area contributed by atoms with Crippen LogP contribution in [0.1, 0.15) is 55.6 Å². The summed E-state index contributed by atoms with van der Waals surface area (Å²) in [7, 11) is 1.61. The lowest BCUT2D eigenvalue weighted by atomic mass is 9.70. The third kappa shape index (κ3) is 3.41. The highest BCUT2D eigenvalue weighted by atomic mass is 16.7. The summed E-state index contributed by atoms with van der Waals surface area (Å²) < 4.78 is 23.8. The molecular weight excluding hydrogens is 612 g/mol. The molecule has 246 valence electrons. The number of nitrogens with one attached hydrogen (secondary N) is 1. The van der Waals surface area contributed by atoms with Gasteiger partial charge in [0, 0.05) is 42.8 Å². The SMILES string of the molecule is COC1C(C)=CC2=C(C3C4Cc5c(OC(C)=O)c(C)c6c(c5[C@H](NC(=O)/C=C/c5ccccc5)N4[C@@H](C#N)C45C[C@@]24N35)OCO6)[C@@]1(C)O. The van der Waals surface area contributed by atoms with Gasteiger partial charge in [0.1, 0.15) is 29.7 Å². The first-order valence-corrected chi connectivity index (χ1v) is 16.3. The van der Waals surface area contributed by atoms with Gasteiger partial charge >= 0.3 is 5.97 Å². The number of hydrogen-bond donors (Lipinski definition) is 2. The van der Waals surface area contributed by atoms with Gasteiger partial charge in [0.15, 0.2) is 11.5 Å². The quantitative estimate of drug-likeness (QED) is 0.216. The van der Waals surface area contributed by atoms with Gasteiger partial charge in [-0.1, -0.05) is 36.4 Å². The molecule has 48 heavy (non-hydrogen) atoms. The molecule has 2 aromatic carbocycles. The molecule has 0 aromatic heterocycles. The molecular formula is C37H36N4O7. The highest BCUT2D eigenvalue weighted by Gasteiger charge is 3.00. The average Bonchev–Trinajstić information content (AvgIpc) is 3.71. The smallest absolute Gasteiger partial charge is 0.308 e. The predicted molar refractivity (Wildman–Crippen MR) is 172 cm³/mol. The van der Waals surface area contributed by atoms with Crippen molar-refractivity contribution in [2.75, 3.05) is 13.9 Å². The molecule has 0 bridgehead atoms. The number of amides is 1. The highest BCUT2D eigenvalue weighted by Crippen LogP contribution is 2.86. The minimum atomic E-state index is -1.31. The number of fused-ring (bicyclic) bond motifs is 6. The molecule has 5 heterocycles. The topological polar surface area (TPSA) is 133 Å². The number of benzene rings is 2. The molecule has 1 saturated carbocycles. The van der Waals surface area contributed by atoms with Crippen molar-refractivity contribution in [3.8, 4) is 23.3 Å². The van der Waals surface area contributed by atoms with E-state index in [1.54, 1.807) is 13.2 Å². The number of rotatable bonds is 5. The summed E-state index contributed by atoms with van der Waals surface area (Å²) in [6, 6.07) is 10.9. The van der Waals surface area contributed by atoms with Crippen LogP contribution in [-0.4, -0.2) is 81.6 Å². The number of carbonyl (C=O) groups is 2. The molecule has 9 atom stereocenters. The molecule has 2 spiro atoms. The first kappa shape index (κ1) is 29.7. The van der Waals surface area contributed by atoms with Crippen LogP contribution in [0.15, 0.2) is 59.2 Å². The molecule has 0 radical (unpaired) electrons. The summed E-state index contributed by atoms with van der Waals surface area (Å²) in [5.41, 5.74) is 3.63. The van der Waals surface area contributed by atoms with Gasteiger partial charge < -0.3 is 29.4 Å². The number of esters is 1. The van der Waals surface area contributed by atoms with E-state index in [1.807, 2.05) is 51.1 Å². The molecule has 1 amide bonds. The normalized spacial score (nSPS) is 37.4. The number of methoxy groups -OCH3 is 1. The minimum Gasteiger partial charge on any atom is -0.453 e. The predicted octanol–water partition coefficient (Wildman–Crippen LogP) is 3.21. The lowest BCUT2D eigenvalue weighted by molar-refractivity contribution is -0.132. The maximum atomic E-state index is 13.8. The van der Waals surface area contributed by atoms with E-state index in [1.165, 1.54) is 13.0 Å². The van der Waals surface area contributed by atoms with Crippen LogP contribution >= 0.6 is 0 Å². The summed E-state index contributed by atoms with van der Waals surface area (Å²) in [6.45, 7) is 6.95. The fourth-order valence-electron chi connectivity index (χ4n) is 10.1. The second-order valence-corrected chi connectivity index (χ2v) is 14.2. The van der Waals surface area contributed by atoms with Gasteiger partial charge in [0.05, 0.1) is 23.2 Å². The van der Waals surface area contributed by atoms with E-state index in [9.17, 15) is 20.0 Å². The van der Waals surface area contributed by atoms with Gasteiger partial charge in [-0.25, -0.2) is 0 Å². The first-order valence-electron chi connectivity index (χ1n) is 16.3. The van der Waals surface area contributed by atoms with Crippen LogP contribution in [-0.2, 0) is 20.7 Å². The zero-order valence-electron chi connectivity index (χ0n) is 27.4. The molecule has 5 unspecified atom stereocenters. The Labute approximate surface area is 278 Å². The molecule has 9 rings (SSSR count). The molecule has 11 heteroatoms. The maximum absolute atomic E-state index is 13.8. The van der Waals surface area contributed by atoms with E-state index in [2.05, 4.69) is 27.3 Å². The van der Waals surface area contributed by atoms with E-state index >= 15 is 0 Å². The van der Waals surface area contributed by atoms with Crippen molar-refractivity contribution in [2.24, 2.45) is 0 Å². The van der Waals surface area contributed by atoms with Gasteiger partial charge in [-0.15, -0.1) is 0 Å². The average molecular weight is 649 g/mol. The monoisotopic (exact) mass is 648 g/mol. The first-order chi connectivity index (χ1) is 23.0. The molecule has 2 aliphatic carbocycles. The Hall–Kier alpha value is -4.47. The largest absolute Gasteiger partial charge is 0.453 e. The number of aliphatic hydroxyl groups is 1. The number of nitriles is 1. The number of piperazine rings is 1. The molecule has 2 N–H and O–H groups in total. The lowest BCUT2D eigenvalue weighted by Gasteiger charge is -2.55. The van der Waals surface area contributed by atoms with Crippen LogP contribution < -0.4 is 19.5 Å². The van der Waals surface area contributed by atoms with Gasteiger partial charge in [0.25, 0.3) is 0 Å². The van der Waals surface area contributed by atoms with Crippen LogP contribution in [0.3, 0.4) is 0 Å². The van der Waals surface area contributed by atoms with E-state index in [-0.39, 0.29) is 30.3 Å². The fraction of sp³-hybridized carbons (Fsp3) is 0.432. The second-order valence-electron chi connectivity index (χ2n) is 14.2. The van der Waals surface area contributed by atoms with Crippen molar-refractivity contribution in [1.82, 2.24) is 15.1 Å². The molecule has 5 aliphatic heterocycles. The molecule has 2 aromatic rings. The summed E-state index contributed by atoms with van der Waals surface area (Å²) >= 11 is 0. The number of nitrogens with zero attached hydrogens (tertiary/aromatic N) is 3. The standard InChI is InChI=1S/C37H36N4O7/c1-18-13-23-28(35(4,44)33(18)45-5)29-24-14-22-27(32-31(46-17-47-32)19(2)30(22)48-20(3)42)34(39-26(43)12-11-21-9-7-6-8-10-21)40(24)25(15-38)37-16-36(23,37)41(29)37/h6-13,24-25,29,33-34,44H,14,16-17H2,1-5H3,(H,39,43)/b12-11+/t24?,25-,29?,33?,34+,35+,36+,37?,41?/m0/s1. The van der Waals surface area contributed by atoms with Crippen molar-refractivity contribution in [3.05, 3.63) is 81.5 Å². The lowest BCUT2D eigenvalue weighted by Crippen LogP contribution is -2.68. The molecule has 7 aliphatic rings. The Morgan fingerprint density at radius 1 is 1.19 bits per heavy atom. The zero-order valence-corrected chi connectivity index (χ0v) is 27.4. The number of carbonyl (C=O) groups excluding carboxylic acids is 2. The van der Waals surface area contributed by atoms with Crippen molar-refractivity contribution in [2.45, 2.75) is 87.6 Å². The van der Waals surface area contributed by atoms with Crippen LogP contribution in [0.2, 0.25) is 0 Å². The molecule has 3 fully saturated rings. The van der Waals surface area contributed by atoms with E-state index < -0.39 is 35.4 Å². The second kappa shape index (κ2) is 9.57. The van der Waals surface area contributed by atoms with Crippen molar-refractivity contribution >= 4 is 18.0 Å². The Kier molecular flexibility index (Phi) is 5.91. The minimum absolute atomic E-state index is 0.0293. The van der Waals surface area contributed by atoms with Crippen LogP contribution in [0.25, 0.3) is 6.08 Å². The zero-order chi connectivity index (χ0) is 33.5.